The van der Waals surface area contributed by atoms with Crippen molar-refractivity contribution in [1.29, 1.82) is 0 Å². The van der Waals surface area contributed by atoms with Crippen LogP contribution < -0.4 is 11.5 Å². The zero-order valence-corrected chi connectivity index (χ0v) is 11.7. The summed E-state index contributed by atoms with van der Waals surface area (Å²) in [4.78, 5) is 2.16. The Kier molecular flexibility index (Phi) is 3.04. The van der Waals surface area contributed by atoms with Gasteiger partial charge >= 0.3 is 0 Å². The number of hydrogen-bond donors (Lipinski definition) is 2. The largest absolute Gasteiger partial charge is 0.416 e. The lowest BCUT2D eigenvalue weighted by molar-refractivity contribution is 0.659. The molecule has 0 saturated carbocycles. The molecular formula is C13H13N3OS2. The summed E-state index contributed by atoms with van der Waals surface area (Å²) in [7, 11) is -0.212. The minimum atomic E-state index is -1.67. The zero-order chi connectivity index (χ0) is 13.3. The molecule has 19 heavy (non-hydrogen) atoms. The van der Waals surface area contributed by atoms with Crippen molar-refractivity contribution >= 4 is 38.1 Å². The lowest BCUT2D eigenvalue weighted by atomic mass is 10.3. The van der Waals surface area contributed by atoms with Crippen molar-refractivity contribution in [2.24, 2.45) is 4.40 Å². The van der Waals surface area contributed by atoms with Gasteiger partial charge in [-0.25, -0.2) is 0 Å². The van der Waals surface area contributed by atoms with E-state index in [1.807, 2.05) is 48.5 Å². The Morgan fingerprint density at radius 2 is 1.32 bits per heavy atom. The van der Waals surface area contributed by atoms with Crippen molar-refractivity contribution in [3.8, 4) is 0 Å². The van der Waals surface area contributed by atoms with Crippen molar-refractivity contribution < 1.29 is 4.18 Å². The number of hydrogen-bond acceptors (Lipinski definition) is 5. The van der Waals surface area contributed by atoms with Gasteiger partial charge in [-0.15, -0.1) is 0 Å². The second kappa shape index (κ2) is 4.71. The molecule has 0 aliphatic carbocycles. The summed E-state index contributed by atoms with van der Waals surface area (Å²) in [5, 5.41) is 0. The van der Waals surface area contributed by atoms with E-state index >= 15 is 0 Å². The summed E-state index contributed by atoms with van der Waals surface area (Å²) in [6.45, 7) is 0. The molecule has 1 heterocycles. The van der Waals surface area contributed by atoms with Gasteiger partial charge in [0, 0.05) is 30.5 Å². The van der Waals surface area contributed by atoms with Crippen LogP contribution in [0.15, 0.2) is 62.7 Å². The van der Waals surface area contributed by atoms with E-state index in [0.717, 1.165) is 21.2 Å². The molecule has 0 unspecified atom stereocenters. The summed E-state index contributed by atoms with van der Waals surface area (Å²) < 4.78 is 10.0. The average molecular weight is 291 g/mol. The standard InChI is InChI=1S/C13H13N3OS2/c14-10-1-5-12(6-2-10)19(17-9-16-18-19)13-7-3-11(15)4-8-13/h1-9H,14-15H2. The van der Waals surface area contributed by atoms with Crippen LogP contribution in [0.3, 0.4) is 0 Å². The quantitative estimate of drug-likeness (QED) is 0.503. The molecule has 3 rings (SSSR count). The topological polar surface area (TPSA) is 73.6 Å². The molecule has 4 N–H and O–H groups in total. The Morgan fingerprint density at radius 1 is 0.842 bits per heavy atom. The number of nitrogen functional groups attached to an aromatic ring is 2. The second-order valence-electron chi connectivity index (χ2n) is 4.02. The fourth-order valence-electron chi connectivity index (χ4n) is 1.80. The molecule has 0 bridgehead atoms. The van der Waals surface area contributed by atoms with Crippen molar-refractivity contribution in [3.63, 3.8) is 0 Å². The van der Waals surface area contributed by atoms with Crippen LogP contribution in [0.4, 0.5) is 11.4 Å². The van der Waals surface area contributed by atoms with Crippen LogP contribution in [0.1, 0.15) is 0 Å². The summed E-state index contributed by atoms with van der Waals surface area (Å²) >= 11 is 0. The lowest BCUT2D eigenvalue weighted by Gasteiger charge is -2.31. The molecule has 2 aromatic rings. The van der Waals surface area contributed by atoms with Gasteiger partial charge in [-0.05, 0) is 48.5 Å². The summed E-state index contributed by atoms with van der Waals surface area (Å²) in [6.07, 6.45) is 1.51. The third-order valence-corrected chi connectivity index (χ3v) is 7.55. The van der Waals surface area contributed by atoms with Gasteiger partial charge in [0.25, 0.3) is 0 Å². The molecule has 0 spiro atoms. The molecule has 1 aliphatic rings. The lowest BCUT2D eigenvalue weighted by Crippen LogP contribution is -1.98. The van der Waals surface area contributed by atoms with Gasteiger partial charge in [-0.3, -0.25) is 0 Å². The molecule has 6 heteroatoms. The monoisotopic (exact) mass is 291 g/mol. The number of benzene rings is 2. The van der Waals surface area contributed by atoms with Gasteiger partial charge in [0.05, 0.1) is 11.0 Å². The molecule has 0 atom stereocenters. The van der Waals surface area contributed by atoms with Gasteiger partial charge in [-0.1, -0.05) is 0 Å². The molecule has 4 nitrogen and oxygen atoms in total. The van der Waals surface area contributed by atoms with Gasteiger partial charge in [0.2, 0.25) is 0 Å². The second-order valence-corrected chi connectivity index (χ2v) is 8.38. The first-order valence-corrected chi connectivity index (χ1v) is 8.49. The Hall–Kier alpha value is -1.79. The zero-order valence-electron chi connectivity index (χ0n) is 10.0. The highest BCUT2D eigenvalue weighted by molar-refractivity contribution is 8.92. The third-order valence-electron chi connectivity index (χ3n) is 2.75. The average Bonchev–Trinajstić information content (AvgIpc) is 2.91. The first-order chi connectivity index (χ1) is 9.21. The van der Waals surface area contributed by atoms with Crippen molar-refractivity contribution in [2.45, 2.75) is 9.79 Å². The predicted molar refractivity (Wildman–Crippen MR) is 83.0 cm³/mol. The SMILES string of the molecule is Nc1ccc(S2(c3ccc(N)cc3)OC=NS2)cc1. The fraction of sp³-hybridized carbons (Fsp3) is 0. The van der Waals surface area contributed by atoms with Gasteiger partial charge in [0.15, 0.2) is 6.40 Å². The molecule has 0 aromatic heterocycles. The fourth-order valence-corrected chi connectivity index (χ4v) is 5.77. The first-order valence-electron chi connectivity index (χ1n) is 5.64. The van der Waals surface area contributed by atoms with E-state index in [1.54, 1.807) is 0 Å². The van der Waals surface area contributed by atoms with E-state index < -0.39 is 9.34 Å². The van der Waals surface area contributed by atoms with E-state index in [-0.39, 0.29) is 0 Å². The Bertz CT molecular complexity index is 555. The predicted octanol–water partition coefficient (Wildman–Crippen LogP) is 3.61. The third kappa shape index (κ3) is 2.13. The molecule has 2 aromatic carbocycles. The Morgan fingerprint density at radius 3 is 1.68 bits per heavy atom. The van der Waals surface area contributed by atoms with E-state index in [2.05, 4.69) is 4.40 Å². The maximum atomic E-state index is 5.87. The maximum Gasteiger partial charge on any atom is 0.198 e. The highest BCUT2D eigenvalue weighted by Crippen LogP contribution is 2.74. The smallest absolute Gasteiger partial charge is 0.198 e. The highest BCUT2D eigenvalue weighted by atomic mass is 33.2. The van der Waals surface area contributed by atoms with Crippen LogP contribution in [0.2, 0.25) is 0 Å². The van der Waals surface area contributed by atoms with Gasteiger partial charge in [0.1, 0.15) is 0 Å². The van der Waals surface area contributed by atoms with Gasteiger partial charge < -0.3 is 15.7 Å². The van der Waals surface area contributed by atoms with Crippen molar-refractivity contribution in [1.82, 2.24) is 0 Å². The van der Waals surface area contributed by atoms with Crippen LogP contribution in [-0.2, 0) is 4.18 Å². The molecule has 1 aliphatic heterocycles. The van der Waals surface area contributed by atoms with Crippen LogP contribution in [0, 0.1) is 0 Å². The minimum Gasteiger partial charge on any atom is -0.416 e. The summed E-state index contributed by atoms with van der Waals surface area (Å²) in [6, 6.07) is 15.5. The van der Waals surface area contributed by atoms with Crippen LogP contribution in [0.25, 0.3) is 0 Å². The van der Waals surface area contributed by atoms with Crippen LogP contribution in [0.5, 0.6) is 0 Å². The summed E-state index contributed by atoms with van der Waals surface area (Å²) in [5.74, 6) is 0. The molecule has 98 valence electrons. The van der Waals surface area contributed by atoms with Crippen molar-refractivity contribution in [3.05, 3.63) is 48.5 Å². The molecule has 0 amide bonds. The molecule has 0 radical (unpaired) electrons. The number of rotatable bonds is 2. The number of nitrogens with two attached hydrogens (primary N) is 2. The van der Waals surface area contributed by atoms with E-state index in [1.165, 1.54) is 17.4 Å². The van der Waals surface area contributed by atoms with E-state index in [0.29, 0.717) is 0 Å². The van der Waals surface area contributed by atoms with E-state index in [9.17, 15) is 0 Å². The summed E-state index contributed by atoms with van der Waals surface area (Å²) in [5.41, 5.74) is 13.0. The number of nitrogens with zero attached hydrogens (tertiary/aromatic N) is 1. The highest BCUT2D eigenvalue weighted by Gasteiger charge is 2.34. The van der Waals surface area contributed by atoms with Crippen molar-refractivity contribution in [2.75, 3.05) is 11.5 Å². The van der Waals surface area contributed by atoms with Crippen LogP contribution in [-0.4, -0.2) is 6.40 Å². The molecule has 0 saturated heterocycles. The Balaban J connectivity index is 2.09. The minimum absolute atomic E-state index is 0.736. The van der Waals surface area contributed by atoms with Gasteiger partial charge in [-0.2, -0.15) is 4.40 Å². The Labute approximate surface area is 116 Å². The maximum absolute atomic E-state index is 5.87. The normalized spacial score (nSPS) is 17.9. The van der Waals surface area contributed by atoms with E-state index in [4.69, 9.17) is 15.7 Å². The molecular weight excluding hydrogens is 278 g/mol. The molecule has 0 fully saturated rings. The first kappa shape index (κ1) is 12.3. The number of anilines is 2. The van der Waals surface area contributed by atoms with Crippen LogP contribution >= 0.6 is 20.3 Å².